The molecule has 6 heteroatoms. The van der Waals surface area contributed by atoms with Crippen molar-refractivity contribution in [2.24, 2.45) is 0 Å². The Morgan fingerprint density at radius 1 is 0.460 bits per heavy atom. The van der Waals surface area contributed by atoms with Crippen LogP contribution in [0.5, 0.6) is 11.5 Å². The van der Waals surface area contributed by atoms with Gasteiger partial charge < -0.3 is 19.3 Å². The molecule has 0 unspecified atom stereocenters. The van der Waals surface area contributed by atoms with E-state index in [9.17, 15) is 0 Å². The first-order valence-corrected chi connectivity index (χ1v) is 16.6. The van der Waals surface area contributed by atoms with Crippen LogP contribution < -0.4 is 19.3 Å². The summed E-state index contributed by atoms with van der Waals surface area (Å²) in [7, 11) is 3.36. The van der Waals surface area contributed by atoms with Crippen LogP contribution in [-0.4, -0.2) is 24.2 Å². The van der Waals surface area contributed by atoms with Crippen LogP contribution in [0.25, 0.3) is 22.4 Å². The van der Waals surface area contributed by atoms with Gasteiger partial charge in [0, 0.05) is 41.9 Å². The number of benzene rings is 6. The zero-order chi connectivity index (χ0) is 34.1. The maximum absolute atomic E-state index is 5.37. The molecule has 6 nitrogen and oxygen atoms in total. The Hall–Kier alpha value is -6.40. The lowest BCUT2D eigenvalue weighted by molar-refractivity contribution is 0.414. The predicted octanol–water partition coefficient (Wildman–Crippen LogP) is 10.5. The largest absolute Gasteiger partial charge is 0.497 e. The molecule has 0 atom stereocenters. The average Bonchev–Trinajstić information content (AvgIpc) is 3.19. The van der Waals surface area contributed by atoms with Gasteiger partial charge in [0.1, 0.15) is 11.5 Å². The highest BCUT2D eigenvalue weighted by Crippen LogP contribution is 2.35. The number of ether oxygens (including phenoxy) is 2. The molecule has 1 aromatic heterocycles. The van der Waals surface area contributed by atoms with E-state index in [1.54, 1.807) is 14.2 Å². The van der Waals surface area contributed by atoms with Crippen LogP contribution in [0, 0.1) is 0 Å². The zero-order valence-corrected chi connectivity index (χ0v) is 28.2. The predicted molar refractivity (Wildman–Crippen MR) is 203 cm³/mol. The Labute approximate surface area is 293 Å². The molecule has 0 saturated carbocycles. The summed E-state index contributed by atoms with van der Waals surface area (Å²) < 4.78 is 10.7. The van der Waals surface area contributed by atoms with E-state index in [1.165, 1.54) is 0 Å². The van der Waals surface area contributed by atoms with E-state index in [4.69, 9.17) is 19.4 Å². The maximum Gasteiger partial charge on any atom is 0.226 e. The normalized spacial score (nSPS) is 10.8. The molecule has 0 aliphatic rings. The van der Waals surface area contributed by atoms with Gasteiger partial charge in [-0.2, -0.15) is 0 Å². The molecule has 246 valence electrons. The van der Waals surface area contributed by atoms with Gasteiger partial charge in [0.15, 0.2) is 0 Å². The Morgan fingerprint density at radius 3 is 1.38 bits per heavy atom. The Balaban J connectivity index is 1.13. The molecule has 0 amide bonds. The van der Waals surface area contributed by atoms with Gasteiger partial charge in [-0.15, -0.1) is 0 Å². The van der Waals surface area contributed by atoms with Crippen molar-refractivity contribution in [3.05, 3.63) is 181 Å². The van der Waals surface area contributed by atoms with E-state index < -0.39 is 0 Å². The number of hydrogen-bond acceptors (Lipinski definition) is 6. The summed E-state index contributed by atoms with van der Waals surface area (Å²) in [4.78, 5) is 14.2. The summed E-state index contributed by atoms with van der Waals surface area (Å²) in [6.07, 6.45) is 1.84. The molecular formula is C44H38N4O2. The number of rotatable bonds is 12. The second-order valence-electron chi connectivity index (χ2n) is 11.9. The van der Waals surface area contributed by atoms with Gasteiger partial charge in [-0.3, -0.25) is 0 Å². The maximum atomic E-state index is 5.37. The third-order valence-corrected chi connectivity index (χ3v) is 8.66. The van der Waals surface area contributed by atoms with Crippen LogP contribution in [0.1, 0.15) is 11.1 Å². The average molecular weight is 655 g/mol. The SMILES string of the molecule is COc1ccc(CN(Cc2ccc(OC)cc2)c2nccc(-c3ccc(-c4ccc(N(c5ccccc5)c5ccccc5)cc4)cc3)n2)cc1. The van der Waals surface area contributed by atoms with E-state index >= 15 is 0 Å². The van der Waals surface area contributed by atoms with Gasteiger partial charge in [0.2, 0.25) is 5.95 Å². The number of para-hydroxylation sites is 2. The Kier molecular flexibility index (Phi) is 9.79. The van der Waals surface area contributed by atoms with Crippen molar-refractivity contribution in [3.8, 4) is 33.9 Å². The standard InChI is InChI=1S/C44H38N4O2/c1-49-41-25-13-33(14-26-41)31-47(32-34-15-27-42(50-2)28-16-34)44-45-30-29-43(46-44)37-19-17-35(18-20-37)36-21-23-40(24-22-36)48(38-9-5-3-6-10-38)39-11-7-4-8-12-39/h3-30H,31-32H2,1-2H3. The third-order valence-electron chi connectivity index (χ3n) is 8.66. The van der Waals surface area contributed by atoms with E-state index in [0.717, 1.165) is 62.1 Å². The minimum absolute atomic E-state index is 0.639. The van der Waals surface area contributed by atoms with Crippen molar-refractivity contribution in [1.82, 2.24) is 9.97 Å². The monoisotopic (exact) mass is 654 g/mol. The second kappa shape index (κ2) is 15.2. The second-order valence-corrected chi connectivity index (χ2v) is 11.9. The molecule has 6 aromatic carbocycles. The molecule has 0 saturated heterocycles. The highest BCUT2D eigenvalue weighted by atomic mass is 16.5. The topological polar surface area (TPSA) is 50.7 Å². The molecule has 0 spiro atoms. The molecule has 50 heavy (non-hydrogen) atoms. The lowest BCUT2D eigenvalue weighted by Crippen LogP contribution is -2.24. The molecule has 0 aliphatic carbocycles. The number of nitrogens with zero attached hydrogens (tertiary/aromatic N) is 4. The van der Waals surface area contributed by atoms with Crippen molar-refractivity contribution < 1.29 is 9.47 Å². The van der Waals surface area contributed by atoms with Crippen molar-refractivity contribution in [2.45, 2.75) is 13.1 Å². The Morgan fingerprint density at radius 2 is 0.900 bits per heavy atom. The first-order valence-electron chi connectivity index (χ1n) is 16.6. The molecule has 0 bridgehead atoms. The van der Waals surface area contributed by atoms with Crippen LogP contribution in [0.4, 0.5) is 23.0 Å². The highest BCUT2D eigenvalue weighted by Gasteiger charge is 2.15. The van der Waals surface area contributed by atoms with Crippen LogP contribution in [-0.2, 0) is 13.1 Å². The molecule has 0 aliphatic heterocycles. The zero-order valence-electron chi connectivity index (χ0n) is 28.2. The number of aromatic nitrogens is 2. The highest BCUT2D eigenvalue weighted by molar-refractivity contribution is 5.78. The first-order chi connectivity index (χ1) is 24.7. The molecule has 0 radical (unpaired) electrons. The summed E-state index contributed by atoms with van der Waals surface area (Å²) in [6, 6.07) is 56.4. The van der Waals surface area contributed by atoms with Gasteiger partial charge >= 0.3 is 0 Å². The lowest BCUT2D eigenvalue weighted by Gasteiger charge is -2.25. The summed E-state index contributed by atoms with van der Waals surface area (Å²) in [5.74, 6) is 2.32. The van der Waals surface area contributed by atoms with E-state index in [-0.39, 0.29) is 0 Å². The molecule has 7 aromatic rings. The lowest BCUT2D eigenvalue weighted by atomic mass is 10.0. The quantitative estimate of drug-likeness (QED) is 0.131. The van der Waals surface area contributed by atoms with Crippen LogP contribution in [0.15, 0.2) is 170 Å². The van der Waals surface area contributed by atoms with Crippen LogP contribution >= 0.6 is 0 Å². The molecule has 0 fully saturated rings. The summed E-state index contributed by atoms with van der Waals surface area (Å²) in [6.45, 7) is 1.28. The van der Waals surface area contributed by atoms with Crippen molar-refractivity contribution >= 4 is 23.0 Å². The van der Waals surface area contributed by atoms with Gasteiger partial charge in [-0.1, -0.05) is 97.1 Å². The van der Waals surface area contributed by atoms with Crippen molar-refractivity contribution in [3.63, 3.8) is 0 Å². The van der Waals surface area contributed by atoms with Crippen molar-refractivity contribution in [2.75, 3.05) is 24.0 Å². The van der Waals surface area contributed by atoms with E-state index in [1.807, 2.05) is 48.7 Å². The van der Waals surface area contributed by atoms with Gasteiger partial charge in [0.25, 0.3) is 0 Å². The molecule has 7 rings (SSSR count). The summed E-state index contributed by atoms with van der Waals surface area (Å²) >= 11 is 0. The number of hydrogen-bond donors (Lipinski definition) is 0. The Bertz CT molecular complexity index is 2010. The first kappa shape index (κ1) is 32.2. The molecular weight excluding hydrogens is 617 g/mol. The summed E-state index contributed by atoms with van der Waals surface area (Å²) in [5.41, 5.74) is 9.80. The number of methoxy groups -OCH3 is 2. The fourth-order valence-electron chi connectivity index (χ4n) is 6.00. The summed E-state index contributed by atoms with van der Waals surface area (Å²) in [5, 5.41) is 0. The van der Waals surface area contributed by atoms with Crippen molar-refractivity contribution in [1.29, 1.82) is 0 Å². The molecule has 0 N–H and O–H groups in total. The van der Waals surface area contributed by atoms with Gasteiger partial charge in [-0.25, -0.2) is 9.97 Å². The van der Waals surface area contributed by atoms with Gasteiger partial charge in [-0.05, 0) is 89.0 Å². The molecule has 1 heterocycles. The number of anilines is 4. The third kappa shape index (κ3) is 7.50. The minimum atomic E-state index is 0.639. The van der Waals surface area contributed by atoms with Crippen LogP contribution in [0.3, 0.4) is 0 Å². The van der Waals surface area contributed by atoms with E-state index in [2.05, 4.69) is 131 Å². The minimum Gasteiger partial charge on any atom is -0.497 e. The smallest absolute Gasteiger partial charge is 0.226 e. The van der Waals surface area contributed by atoms with E-state index in [0.29, 0.717) is 19.0 Å². The van der Waals surface area contributed by atoms with Crippen LogP contribution in [0.2, 0.25) is 0 Å². The van der Waals surface area contributed by atoms with Gasteiger partial charge in [0.05, 0.1) is 19.9 Å². The fraction of sp³-hybridized carbons (Fsp3) is 0.0909. The fourth-order valence-corrected chi connectivity index (χ4v) is 6.00.